The number of nitrogens with two attached hydrogens (primary N) is 1. The van der Waals surface area contributed by atoms with E-state index in [0.29, 0.717) is 26.4 Å². The van der Waals surface area contributed by atoms with Crippen LogP contribution in [-0.2, 0) is 0 Å². The second-order valence-electron chi connectivity index (χ2n) is 8.38. The molecule has 1 aliphatic rings. The van der Waals surface area contributed by atoms with Gasteiger partial charge in [0.15, 0.2) is 0 Å². The van der Waals surface area contributed by atoms with E-state index in [-0.39, 0.29) is 6.10 Å². The van der Waals surface area contributed by atoms with Crippen molar-refractivity contribution in [2.45, 2.75) is 32.0 Å². The zero-order chi connectivity index (χ0) is 24.5. The molecule has 182 valence electrons. The number of halogens is 2. The fourth-order valence-corrected chi connectivity index (χ4v) is 5.59. The Hall–Kier alpha value is -2.78. The fraction of sp³-hybridized carbons (Fsp3) is 0.280. The number of nitrogens with one attached hydrogen (secondary N) is 1. The van der Waals surface area contributed by atoms with E-state index in [0.717, 1.165) is 47.5 Å². The highest BCUT2D eigenvalue weighted by atomic mass is 35.5. The van der Waals surface area contributed by atoms with Crippen LogP contribution < -0.4 is 20.5 Å². The molecule has 0 unspecified atom stereocenters. The van der Waals surface area contributed by atoms with Crippen LogP contribution in [0.15, 0.2) is 48.8 Å². The van der Waals surface area contributed by atoms with E-state index < -0.39 is 12.0 Å². The third kappa shape index (κ3) is 4.97. The highest BCUT2D eigenvalue weighted by Crippen LogP contribution is 2.39. The van der Waals surface area contributed by atoms with E-state index in [1.54, 1.807) is 18.5 Å². The summed E-state index contributed by atoms with van der Waals surface area (Å²) in [6.07, 6.45) is 3.22. The van der Waals surface area contributed by atoms with Gasteiger partial charge in [-0.05, 0) is 57.1 Å². The van der Waals surface area contributed by atoms with Gasteiger partial charge in [0.2, 0.25) is 0 Å². The van der Waals surface area contributed by atoms with E-state index in [1.165, 1.54) is 11.3 Å². The predicted molar refractivity (Wildman–Crippen MR) is 139 cm³/mol. The number of carbonyl (C=O) groups is 1. The number of thiophene rings is 1. The first-order valence-corrected chi connectivity index (χ1v) is 12.9. The van der Waals surface area contributed by atoms with Gasteiger partial charge in [-0.15, -0.1) is 11.3 Å². The standard InChI is InChI=1S/C25H24Cl2N4O3S/c1-14(17-3-2-4-20(23(17)27)34-16-7-9-29-10-8-16)33-21-12-22(35-24(21)25(28)32)31-13-30-18-6-5-15(26)11-19(18)31/h2-6,11-14,16,29H,7-10H2,1H3,(H2,28,32)/t14-/m1/s1. The Kier molecular flexibility index (Phi) is 6.88. The fourth-order valence-electron chi connectivity index (χ4n) is 4.18. The normalized spacial score (nSPS) is 15.3. The molecule has 4 aromatic rings. The van der Waals surface area contributed by atoms with E-state index in [1.807, 2.05) is 41.8 Å². The van der Waals surface area contributed by atoms with Crippen LogP contribution >= 0.6 is 34.5 Å². The SMILES string of the molecule is C[C@@H](Oc1cc(-n2cnc3ccc(Cl)cc32)sc1C(N)=O)c1cccc(OC2CCNCC2)c1Cl. The third-order valence-electron chi connectivity index (χ3n) is 5.97. The Bertz CT molecular complexity index is 1380. The number of rotatable bonds is 7. The number of primary amides is 1. The molecule has 0 bridgehead atoms. The van der Waals surface area contributed by atoms with Crippen molar-refractivity contribution in [1.29, 1.82) is 0 Å². The van der Waals surface area contributed by atoms with Crippen LogP contribution in [0.5, 0.6) is 11.5 Å². The number of carbonyl (C=O) groups excluding carboxylic acids is 1. The summed E-state index contributed by atoms with van der Waals surface area (Å²) in [6.45, 7) is 3.73. The number of hydrogen-bond donors (Lipinski definition) is 2. The Balaban J connectivity index is 1.43. The number of nitrogens with zero attached hydrogens (tertiary/aromatic N) is 2. The average Bonchev–Trinajstić information content (AvgIpc) is 3.45. The second-order valence-corrected chi connectivity index (χ2v) is 10.2. The van der Waals surface area contributed by atoms with Crippen molar-refractivity contribution in [3.05, 3.63) is 69.3 Å². The van der Waals surface area contributed by atoms with Crippen molar-refractivity contribution in [2.75, 3.05) is 13.1 Å². The molecule has 3 N–H and O–H groups in total. The summed E-state index contributed by atoms with van der Waals surface area (Å²) < 4.78 is 14.3. The van der Waals surface area contributed by atoms with Gasteiger partial charge in [-0.3, -0.25) is 9.36 Å². The van der Waals surface area contributed by atoms with Crippen molar-refractivity contribution in [2.24, 2.45) is 5.73 Å². The lowest BCUT2D eigenvalue weighted by Gasteiger charge is -2.25. The number of hydrogen-bond acceptors (Lipinski definition) is 6. The van der Waals surface area contributed by atoms with Crippen molar-refractivity contribution in [3.8, 4) is 16.5 Å². The van der Waals surface area contributed by atoms with Crippen LogP contribution in [0.25, 0.3) is 16.0 Å². The Labute approximate surface area is 216 Å². The molecule has 0 saturated carbocycles. The molecule has 7 nitrogen and oxygen atoms in total. The van der Waals surface area contributed by atoms with Crippen molar-refractivity contribution in [1.82, 2.24) is 14.9 Å². The number of benzene rings is 2. The molecule has 2 aromatic heterocycles. The molecule has 0 aliphatic carbocycles. The quantitative estimate of drug-likeness (QED) is 0.316. The van der Waals surface area contributed by atoms with Gasteiger partial charge in [-0.25, -0.2) is 4.98 Å². The van der Waals surface area contributed by atoms with Crippen LogP contribution in [0.2, 0.25) is 10.0 Å². The lowest BCUT2D eigenvalue weighted by Crippen LogP contribution is -2.34. The molecule has 1 aliphatic heterocycles. The van der Waals surface area contributed by atoms with Crippen LogP contribution in [0.3, 0.4) is 0 Å². The van der Waals surface area contributed by atoms with Crippen molar-refractivity contribution in [3.63, 3.8) is 0 Å². The molecule has 1 atom stereocenters. The molecule has 1 saturated heterocycles. The molecule has 35 heavy (non-hydrogen) atoms. The van der Waals surface area contributed by atoms with E-state index in [9.17, 15) is 4.79 Å². The smallest absolute Gasteiger partial charge is 0.262 e. The monoisotopic (exact) mass is 530 g/mol. The molecular formula is C25H24Cl2N4O3S. The number of aromatic nitrogens is 2. The van der Waals surface area contributed by atoms with Gasteiger partial charge in [-0.2, -0.15) is 0 Å². The summed E-state index contributed by atoms with van der Waals surface area (Å²) in [5.41, 5.74) is 8.06. The molecule has 0 radical (unpaired) electrons. The summed E-state index contributed by atoms with van der Waals surface area (Å²) in [6, 6.07) is 12.9. The summed E-state index contributed by atoms with van der Waals surface area (Å²) in [5.74, 6) is 0.448. The molecular weight excluding hydrogens is 507 g/mol. The predicted octanol–water partition coefficient (Wildman–Crippen LogP) is 5.76. The second kappa shape index (κ2) is 10.1. The Morgan fingerprint density at radius 2 is 2.00 bits per heavy atom. The number of fused-ring (bicyclic) bond motifs is 1. The molecule has 0 spiro atoms. The first-order chi connectivity index (χ1) is 16.9. The van der Waals surface area contributed by atoms with E-state index in [4.69, 9.17) is 38.4 Å². The molecule has 1 amide bonds. The van der Waals surface area contributed by atoms with Gasteiger partial charge >= 0.3 is 0 Å². The summed E-state index contributed by atoms with van der Waals surface area (Å²) in [4.78, 5) is 17.0. The zero-order valence-electron chi connectivity index (χ0n) is 19.0. The van der Waals surface area contributed by atoms with Gasteiger partial charge in [0.05, 0.1) is 16.1 Å². The third-order valence-corrected chi connectivity index (χ3v) is 7.74. The number of ether oxygens (including phenoxy) is 2. The minimum Gasteiger partial charge on any atom is -0.489 e. The van der Waals surface area contributed by atoms with E-state index >= 15 is 0 Å². The number of amides is 1. The highest BCUT2D eigenvalue weighted by Gasteiger charge is 2.23. The van der Waals surface area contributed by atoms with Crippen LogP contribution in [-0.4, -0.2) is 34.7 Å². The zero-order valence-corrected chi connectivity index (χ0v) is 21.3. The lowest BCUT2D eigenvalue weighted by molar-refractivity contribution is 0.0998. The molecule has 1 fully saturated rings. The maximum absolute atomic E-state index is 12.2. The van der Waals surface area contributed by atoms with Gasteiger partial charge in [0, 0.05) is 16.7 Å². The first-order valence-electron chi connectivity index (χ1n) is 11.3. The van der Waals surface area contributed by atoms with E-state index in [2.05, 4.69) is 10.3 Å². The van der Waals surface area contributed by atoms with Crippen molar-refractivity contribution < 1.29 is 14.3 Å². The average molecular weight is 531 g/mol. The summed E-state index contributed by atoms with van der Waals surface area (Å²) in [5, 5.41) is 5.16. The topological polar surface area (TPSA) is 91.4 Å². The molecule has 3 heterocycles. The Morgan fingerprint density at radius 3 is 2.77 bits per heavy atom. The largest absolute Gasteiger partial charge is 0.489 e. The molecule has 10 heteroatoms. The minimum atomic E-state index is -0.569. The number of piperidine rings is 1. The lowest BCUT2D eigenvalue weighted by atomic mass is 10.1. The first kappa shape index (κ1) is 23.9. The van der Waals surface area contributed by atoms with Gasteiger partial charge in [0.1, 0.15) is 39.9 Å². The van der Waals surface area contributed by atoms with Crippen molar-refractivity contribution >= 4 is 51.5 Å². The molecule has 5 rings (SSSR count). The maximum Gasteiger partial charge on any atom is 0.262 e. The van der Waals surface area contributed by atoms with Gasteiger partial charge in [-0.1, -0.05) is 35.3 Å². The highest BCUT2D eigenvalue weighted by molar-refractivity contribution is 7.16. The minimum absolute atomic E-state index is 0.125. The van der Waals surface area contributed by atoms with Crippen LogP contribution in [0.1, 0.15) is 41.1 Å². The van der Waals surface area contributed by atoms with Crippen LogP contribution in [0, 0.1) is 0 Å². The van der Waals surface area contributed by atoms with Crippen LogP contribution in [0.4, 0.5) is 0 Å². The summed E-state index contributed by atoms with van der Waals surface area (Å²) >= 11 is 14.1. The number of imidazole rings is 1. The Morgan fingerprint density at radius 1 is 1.20 bits per heavy atom. The molecule has 2 aromatic carbocycles. The van der Waals surface area contributed by atoms with Gasteiger partial charge < -0.3 is 20.5 Å². The maximum atomic E-state index is 12.2. The summed E-state index contributed by atoms with van der Waals surface area (Å²) in [7, 11) is 0. The van der Waals surface area contributed by atoms with Gasteiger partial charge in [0.25, 0.3) is 5.91 Å².